The van der Waals surface area contributed by atoms with Crippen molar-refractivity contribution in [2.75, 3.05) is 39.6 Å². The fourth-order valence-electron chi connectivity index (χ4n) is 13.1. The van der Waals surface area contributed by atoms with E-state index in [2.05, 4.69) is 55.4 Å². The van der Waals surface area contributed by atoms with Crippen molar-refractivity contribution in [1.29, 1.82) is 0 Å². The summed E-state index contributed by atoms with van der Waals surface area (Å²) in [6.45, 7) is 14.3. The minimum atomic E-state index is -4.96. The molecule has 0 saturated carbocycles. The van der Waals surface area contributed by atoms with E-state index < -0.39 is 97.5 Å². The topological polar surface area (TPSA) is 237 Å². The van der Waals surface area contributed by atoms with Gasteiger partial charge < -0.3 is 33.8 Å². The molecule has 0 saturated heterocycles. The van der Waals surface area contributed by atoms with Gasteiger partial charge in [-0.1, -0.05) is 389 Å². The molecule has 0 bridgehead atoms. The molecular formula is C85H166O17P2. The molecule has 17 nitrogen and oxygen atoms in total. The molecule has 0 aliphatic rings. The van der Waals surface area contributed by atoms with Gasteiger partial charge in [-0.3, -0.25) is 37.3 Å². The Morgan fingerprint density at radius 1 is 0.269 bits per heavy atom. The lowest BCUT2D eigenvalue weighted by atomic mass is 9.99. The second-order valence-electron chi connectivity index (χ2n) is 32.2. The van der Waals surface area contributed by atoms with Crippen molar-refractivity contribution >= 4 is 39.5 Å². The summed E-state index contributed by atoms with van der Waals surface area (Å²) in [6, 6.07) is 0. The van der Waals surface area contributed by atoms with Crippen molar-refractivity contribution in [3.63, 3.8) is 0 Å². The summed E-state index contributed by atoms with van der Waals surface area (Å²) in [5, 5.41) is 10.7. The number of hydrogen-bond donors (Lipinski definition) is 3. The summed E-state index contributed by atoms with van der Waals surface area (Å²) in [5.41, 5.74) is 0. The van der Waals surface area contributed by atoms with Crippen LogP contribution in [-0.4, -0.2) is 96.7 Å². The minimum Gasteiger partial charge on any atom is -0.462 e. The Morgan fingerprint density at radius 2 is 0.462 bits per heavy atom. The van der Waals surface area contributed by atoms with Crippen LogP contribution in [0.3, 0.4) is 0 Å². The monoisotopic (exact) mass is 1520 g/mol. The average Bonchev–Trinajstić information content (AvgIpc) is 0.907. The van der Waals surface area contributed by atoms with Gasteiger partial charge in [0.05, 0.1) is 26.4 Å². The summed E-state index contributed by atoms with van der Waals surface area (Å²) >= 11 is 0. The lowest BCUT2D eigenvalue weighted by Gasteiger charge is -2.21. The van der Waals surface area contributed by atoms with Gasteiger partial charge in [0.1, 0.15) is 19.3 Å². The van der Waals surface area contributed by atoms with Crippen LogP contribution in [-0.2, 0) is 65.4 Å². The highest BCUT2D eigenvalue weighted by atomic mass is 31.2. The molecule has 0 spiro atoms. The van der Waals surface area contributed by atoms with Crippen LogP contribution in [0.4, 0.5) is 0 Å². The van der Waals surface area contributed by atoms with Gasteiger partial charge in [0, 0.05) is 25.7 Å². The first kappa shape index (κ1) is 102. The third-order valence-corrected chi connectivity index (χ3v) is 22.1. The summed E-state index contributed by atoms with van der Waals surface area (Å²) in [7, 11) is -9.93. The van der Waals surface area contributed by atoms with Crippen LogP contribution >= 0.6 is 15.6 Å². The van der Waals surface area contributed by atoms with Crippen LogP contribution in [0.5, 0.6) is 0 Å². The molecule has 0 rings (SSSR count). The molecule has 0 radical (unpaired) electrons. The molecule has 0 amide bonds. The first-order valence-electron chi connectivity index (χ1n) is 43.7. The van der Waals surface area contributed by atoms with Crippen molar-refractivity contribution in [3.05, 3.63) is 0 Å². The zero-order valence-corrected chi connectivity index (χ0v) is 70.5. The summed E-state index contributed by atoms with van der Waals surface area (Å²) in [5.74, 6) is 1.02. The lowest BCUT2D eigenvalue weighted by Crippen LogP contribution is -2.30. The number of carbonyl (C=O) groups is 4. The van der Waals surface area contributed by atoms with Gasteiger partial charge in [-0.05, 0) is 49.4 Å². The molecule has 618 valence electrons. The Balaban J connectivity index is 5.16. The van der Waals surface area contributed by atoms with E-state index in [0.717, 1.165) is 114 Å². The fraction of sp³-hybridized carbons (Fsp3) is 0.953. The molecule has 3 unspecified atom stereocenters. The van der Waals surface area contributed by atoms with Crippen LogP contribution in [0.1, 0.15) is 441 Å². The van der Waals surface area contributed by atoms with Gasteiger partial charge in [-0.15, -0.1) is 0 Å². The molecule has 0 aliphatic heterocycles. The second kappa shape index (κ2) is 73.8. The maximum Gasteiger partial charge on any atom is 0.472 e. The molecule has 0 aromatic carbocycles. The Morgan fingerprint density at radius 3 is 0.683 bits per heavy atom. The molecule has 0 fully saturated rings. The largest absolute Gasteiger partial charge is 0.472 e. The van der Waals surface area contributed by atoms with Gasteiger partial charge in [-0.25, -0.2) is 9.13 Å². The molecule has 0 heterocycles. The number of ether oxygens (including phenoxy) is 4. The van der Waals surface area contributed by atoms with E-state index in [4.69, 9.17) is 37.0 Å². The number of carbonyl (C=O) groups excluding carboxylic acids is 4. The number of phosphoric acid groups is 2. The van der Waals surface area contributed by atoms with E-state index in [1.54, 1.807) is 0 Å². The van der Waals surface area contributed by atoms with Gasteiger partial charge >= 0.3 is 39.5 Å². The van der Waals surface area contributed by atoms with Crippen molar-refractivity contribution < 1.29 is 80.2 Å². The number of aliphatic hydroxyl groups excluding tert-OH is 1. The molecule has 19 heteroatoms. The standard InChI is InChI=1S/C85H166O17P2/c1-9-78(8)64-56-48-39-33-27-21-17-12-10-11-13-19-23-29-35-41-51-59-67-84(89)102-81(72-96-83(88)66-58-50-44-43-47-55-63-77(6)7)74-100-104(93,94)98-70-79(86)69-97-103(91,92)99-73-80(101-85(90)68-60-52-42-36-30-24-26-32-38-46-54-62-76(4)5)71-95-82(87)65-57-49-40-34-28-22-18-15-14-16-20-25-31-37-45-53-61-75(2)3/h75-81,86H,9-74H2,1-8H3,(H,91,92)(H,93,94)/t78?,79-,80-,81-/m1/s1. The molecule has 6 atom stereocenters. The molecule has 0 aromatic rings. The van der Waals surface area contributed by atoms with E-state index in [-0.39, 0.29) is 25.7 Å². The van der Waals surface area contributed by atoms with Crippen molar-refractivity contribution in [1.82, 2.24) is 0 Å². The third kappa shape index (κ3) is 76.8. The van der Waals surface area contributed by atoms with Gasteiger partial charge in [0.15, 0.2) is 12.2 Å². The molecule has 3 N–H and O–H groups in total. The van der Waals surface area contributed by atoms with Crippen LogP contribution in [0.2, 0.25) is 0 Å². The number of hydrogen-bond acceptors (Lipinski definition) is 15. The smallest absolute Gasteiger partial charge is 0.462 e. The normalized spacial score (nSPS) is 14.2. The number of unbranched alkanes of at least 4 members (excludes halogenated alkanes) is 47. The zero-order chi connectivity index (χ0) is 76.7. The zero-order valence-electron chi connectivity index (χ0n) is 68.7. The number of esters is 4. The Labute approximate surface area is 638 Å². The first-order chi connectivity index (χ1) is 50.1. The average molecular weight is 1520 g/mol. The predicted octanol–water partition coefficient (Wildman–Crippen LogP) is 25.6. The minimum absolute atomic E-state index is 0.107. The van der Waals surface area contributed by atoms with Crippen LogP contribution in [0.15, 0.2) is 0 Å². The lowest BCUT2D eigenvalue weighted by molar-refractivity contribution is -0.161. The molecule has 104 heavy (non-hydrogen) atoms. The quantitative estimate of drug-likeness (QED) is 0.0222. The van der Waals surface area contributed by atoms with Crippen molar-refractivity contribution in [2.24, 2.45) is 23.7 Å². The molecule has 0 aliphatic carbocycles. The Bertz CT molecular complexity index is 2030. The summed E-state index contributed by atoms with van der Waals surface area (Å²) < 4.78 is 68.8. The number of aliphatic hydroxyl groups is 1. The highest BCUT2D eigenvalue weighted by Gasteiger charge is 2.30. The Hall–Kier alpha value is -1.94. The number of phosphoric ester groups is 2. The van der Waals surface area contributed by atoms with Crippen molar-refractivity contribution in [2.45, 2.75) is 459 Å². The maximum atomic E-state index is 13.1. The summed E-state index contributed by atoms with van der Waals surface area (Å²) in [4.78, 5) is 73.1. The van der Waals surface area contributed by atoms with Crippen LogP contribution in [0.25, 0.3) is 0 Å². The molecular weight excluding hydrogens is 1350 g/mol. The van der Waals surface area contributed by atoms with Crippen LogP contribution in [0, 0.1) is 23.7 Å². The third-order valence-electron chi connectivity index (χ3n) is 20.2. The highest BCUT2D eigenvalue weighted by molar-refractivity contribution is 7.47. The van der Waals surface area contributed by atoms with E-state index in [9.17, 15) is 43.2 Å². The van der Waals surface area contributed by atoms with E-state index in [1.165, 1.54) is 238 Å². The SMILES string of the molecule is CCC(C)CCCCCCCCCCCCCCCCCCCCC(=O)O[C@H](COC(=O)CCCCCCCCC(C)C)COP(=O)(O)OC[C@H](O)COP(=O)(O)OC[C@@H](COC(=O)CCCCCCCCCCCCCCCCCCC(C)C)OC(=O)CCCCCCCCCCCCCC(C)C. The maximum absolute atomic E-state index is 13.1. The first-order valence-corrected chi connectivity index (χ1v) is 46.7. The van der Waals surface area contributed by atoms with Crippen LogP contribution < -0.4 is 0 Å². The van der Waals surface area contributed by atoms with E-state index >= 15 is 0 Å². The highest BCUT2D eigenvalue weighted by Crippen LogP contribution is 2.45. The van der Waals surface area contributed by atoms with Crippen molar-refractivity contribution in [3.8, 4) is 0 Å². The molecule has 0 aromatic heterocycles. The van der Waals surface area contributed by atoms with E-state index in [1.807, 2.05) is 0 Å². The Kier molecular flexibility index (Phi) is 72.5. The van der Waals surface area contributed by atoms with Gasteiger partial charge in [0.25, 0.3) is 0 Å². The summed E-state index contributed by atoms with van der Waals surface area (Å²) in [6.07, 6.45) is 62.7. The predicted molar refractivity (Wildman–Crippen MR) is 428 cm³/mol. The van der Waals surface area contributed by atoms with Gasteiger partial charge in [0.2, 0.25) is 0 Å². The second-order valence-corrected chi connectivity index (χ2v) is 35.2. The number of rotatable bonds is 82. The van der Waals surface area contributed by atoms with E-state index in [0.29, 0.717) is 31.6 Å². The van der Waals surface area contributed by atoms with Gasteiger partial charge in [-0.2, -0.15) is 0 Å². The fourth-order valence-corrected chi connectivity index (χ4v) is 14.7.